The normalized spacial score (nSPS) is 12.2. The first-order valence-electron chi connectivity index (χ1n) is 6.20. The molecule has 1 aromatic carbocycles. The van der Waals surface area contributed by atoms with Crippen LogP contribution in [0.1, 0.15) is 37.4 Å². The molecule has 0 aliphatic carbocycles. The highest BCUT2D eigenvalue weighted by Gasteiger charge is 2.10. The first-order valence-corrected chi connectivity index (χ1v) is 6.20. The SMILES string of the molecule is CCNCCC(=O)N[C@@H](C)c1ccccc1C. The number of carbonyl (C=O) groups is 1. The summed E-state index contributed by atoms with van der Waals surface area (Å²) in [7, 11) is 0. The standard InChI is InChI=1S/C14H22N2O/c1-4-15-10-9-14(17)16-12(3)13-8-6-5-7-11(13)2/h5-8,12,15H,4,9-10H2,1-3H3,(H,16,17)/t12-/m0/s1. The average Bonchev–Trinajstić information content (AvgIpc) is 2.29. The summed E-state index contributed by atoms with van der Waals surface area (Å²) in [6.07, 6.45) is 0.532. The van der Waals surface area contributed by atoms with E-state index in [1.165, 1.54) is 11.1 Å². The number of hydrogen-bond acceptors (Lipinski definition) is 2. The Hall–Kier alpha value is -1.35. The molecule has 94 valence electrons. The van der Waals surface area contributed by atoms with Gasteiger partial charge in [0.15, 0.2) is 0 Å². The highest BCUT2D eigenvalue weighted by molar-refractivity contribution is 5.76. The van der Waals surface area contributed by atoms with E-state index in [1.54, 1.807) is 0 Å². The van der Waals surface area contributed by atoms with Crippen LogP contribution >= 0.6 is 0 Å². The van der Waals surface area contributed by atoms with Crippen molar-refractivity contribution >= 4 is 5.91 Å². The number of hydrogen-bond donors (Lipinski definition) is 2. The van der Waals surface area contributed by atoms with E-state index in [0.29, 0.717) is 6.42 Å². The van der Waals surface area contributed by atoms with E-state index in [2.05, 4.69) is 29.7 Å². The summed E-state index contributed by atoms with van der Waals surface area (Å²) in [5.41, 5.74) is 2.40. The van der Waals surface area contributed by atoms with Crippen molar-refractivity contribution in [1.82, 2.24) is 10.6 Å². The number of carbonyl (C=O) groups excluding carboxylic acids is 1. The molecule has 3 heteroatoms. The van der Waals surface area contributed by atoms with E-state index in [1.807, 2.05) is 26.0 Å². The zero-order chi connectivity index (χ0) is 12.7. The number of amides is 1. The Morgan fingerprint density at radius 1 is 1.35 bits per heavy atom. The van der Waals surface area contributed by atoms with Crippen LogP contribution in [0.15, 0.2) is 24.3 Å². The molecule has 1 atom stereocenters. The molecular formula is C14H22N2O. The highest BCUT2D eigenvalue weighted by atomic mass is 16.1. The molecule has 3 nitrogen and oxygen atoms in total. The molecule has 0 unspecified atom stereocenters. The Bertz CT molecular complexity index is 363. The summed E-state index contributed by atoms with van der Waals surface area (Å²) in [4.78, 5) is 11.7. The quantitative estimate of drug-likeness (QED) is 0.741. The van der Waals surface area contributed by atoms with Crippen molar-refractivity contribution in [3.8, 4) is 0 Å². The lowest BCUT2D eigenvalue weighted by Crippen LogP contribution is -2.30. The van der Waals surface area contributed by atoms with Gasteiger partial charge in [0, 0.05) is 13.0 Å². The van der Waals surface area contributed by atoms with Crippen LogP contribution in [-0.2, 0) is 4.79 Å². The van der Waals surface area contributed by atoms with E-state index in [0.717, 1.165) is 13.1 Å². The molecule has 0 heterocycles. The highest BCUT2D eigenvalue weighted by Crippen LogP contribution is 2.16. The van der Waals surface area contributed by atoms with Crippen molar-refractivity contribution in [2.45, 2.75) is 33.2 Å². The third-order valence-electron chi connectivity index (χ3n) is 2.81. The minimum Gasteiger partial charge on any atom is -0.350 e. The van der Waals surface area contributed by atoms with E-state index in [-0.39, 0.29) is 11.9 Å². The minimum absolute atomic E-state index is 0.0744. The molecule has 1 rings (SSSR count). The molecule has 0 aliphatic heterocycles. The van der Waals surface area contributed by atoms with Gasteiger partial charge in [-0.05, 0) is 31.5 Å². The Balaban J connectivity index is 2.46. The lowest BCUT2D eigenvalue weighted by molar-refractivity contribution is -0.121. The Labute approximate surface area is 104 Å². The second-order valence-corrected chi connectivity index (χ2v) is 4.25. The monoisotopic (exact) mass is 234 g/mol. The van der Waals surface area contributed by atoms with Gasteiger partial charge in [0.05, 0.1) is 6.04 Å². The first kappa shape index (κ1) is 13.7. The van der Waals surface area contributed by atoms with Crippen LogP contribution < -0.4 is 10.6 Å². The van der Waals surface area contributed by atoms with Crippen LogP contribution in [0.3, 0.4) is 0 Å². The van der Waals surface area contributed by atoms with Crippen molar-refractivity contribution in [1.29, 1.82) is 0 Å². The largest absolute Gasteiger partial charge is 0.350 e. The molecule has 1 amide bonds. The van der Waals surface area contributed by atoms with Crippen molar-refractivity contribution in [3.63, 3.8) is 0 Å². The molecule has 0 saturated carbocycles. The fraction of sp³-hybridized carbons (Fsp3) is 0.500. The Morgan fingerprint density at radius 2 is 2.06 bits per heavy atom. The smallest absolute Gasteiger partial charge is 0.221 e. The van der Waals surface area contributed by atoms with Gasteiger partial charge >= 0.3 is 0 Å². The summed E-state index contributed by atoms with van der Waals surface area (Å²) >= 11 is 0. The molecule has 0 bridgehead atoms. The third-order valence-corrected chi connectivity index (χ3v) is 2.81. The van der Waals surface area contributed by atoms with Crippen molar-refractivity contribution < 1.29 is 4.79 Å². The minimum atomic E-state index is 0.0744. The van der Waals surface area contributed by atoms with Gasteiger partial charge in [-0.3, -0.25) is 4.79 Å². The molecular weight excluding hydrogens is 212 g/mol. The van der Waals surface area contributed by atoms with E-state index in [9.17, 15) is 4.79 Å². The molecule has 17 heavy (non-hydrogen) atoms. The third kappa shape index (κ3) is 4.57. The van der Waals surface area contributed by atoms with E-state index >= 15 is 0 Å². The van der Waals surface area contributed by atoms with Gasteiger partial charge < -0.3 is 10.6 Å². The number of aryl methyl sites for hydroxylation is 1. The summed E-state index contributed by atoms with van der Waals surface area (Å²) in [5.74, 6) is 0.0988. The molecule has 0 aliphatic rings. The van der Waals surface area contributed by atoms with Gasteiger partial charge in [0.1, 0.15) is 0 Å². The lowest BCUT2D eigenvalue weighted by Gasteiger charge is -2.16. The average molecular weight is 234 g/mol. The van der Waals surface area contributed by atoms with Crippen molar-refractivity contribution in [2.24, 2.45) is 0 Å². The van der Waals surface area contributed by atoms with Crippen molar-refractivity contribution in [2.75, 3.05) is 13.1 Å². The molecule has 0 fully saturated rings. The van der Waals surface area contributed by atoms with Crippen LogP contribution in [0, 0.1) is 6.92 Å². The first-order chi connectivity index (χ1) is 8.15. The molecule has 0 aromatic heterocycles. The molecule has 0 radical (unpaired) electrons. The Kier molecular flexibility index (Phi) is 5.70. The maximum Gasteiger partial charge on any atom is 0.221 e. The molecule has 2 N–H and O–H groups in total. The molecule has 0 saturated heterocycles. The van der Waals surface area contributed by atoms with Crippen molar-refractivity contribution in [3.05, 3.63) is 35.4 Å². The van der Waals surface area contributed by atoms with E-state index < -0.39 is 0 Å². The van der Waals surface area contributed by atoms with Gasteiger partial charge in [-0.1, -0.05) is 31.2 Å². The van der Waals surface area contributed by atoms with Gasteiger partial charge in [-0.25, -0.2) is 0 Å². The maximum absolute atomic E-state index is 11.7. The fourth-order valence-electron chi connectivity index (χ4n) is 1.84. The summed E-state index contributed by atoms with van der Waals surface area (Å²) in [6.45, 7) is 7.77. The maximum atomic E-state index is 11.7. The van der Waals surface area contributed by atoms with Crippen LogP contribution in [0.5, 0.6) is 0 Å². The van der Waals surface area contributed by atoms with Crippen LogP contribution in [0.4, 0.5) is 0 Å². The van der Waals surface area contributed by atoms with Gasteiger partial charge in [-0.15, -0.1) is 0 Å². The van der Waals surface area contributed by atoms with E-state index in [4.69, 9.17) is 0 Å². The lowest BCUT2D eigenvalue weighted by atomic mass is 10.0. The van der Waals surface area contributed by atoms with Crippen LogP contribution in [-0.4, -0.2) is 19.0 Å². The second kappa shape index (κ2) is 7.07. The second-order valence-electron chi connectivity index (χ2n) is 4.25. The number of rotatable bonds is 6. The number of benzene rings is 1. The predicted octanol–water partition coefficient (Wildman–Crippen LogP) is 2.17. The Morgan fingerprint density at radius 3 is 2.71 bits per heavy atom. The summed E-state index contributed by atoms with van der Waals surface area (Å²) in [6, 6.07) is 8.22. The van der Waals surface area contributed by atoms with Gasteiger partial charge in [0.2, 0.25) is 5.91 Å². The predicted molar refractivity (Wildman–Crippen MR) is 70.9 cm³/mol. The molecule has 1 aromatic rings. The zero-order valence-corrected chi connectivity index (χ0v) is 10.9. The van der Waals surface area contributed by atoms with Gasteiger partial charge in [0.25, 0.3) is 0 Å². The van der Waals surface area contributed by atoms with Crippen LogP contribution in [0.25, 0.3) is 0 Å². The topological polar surface area (TPSA) is 41.1 Å². The fourth-order valence-corrected chi connectivity index (χ4v) is 1.84. The molecule has 0 spiro atoms. The zero-order valence-electron chi connectivity index (χ0n) is 10.9. The summed E-state index contributed by atoms with van der Waals surface area (Å²) < 4.78 is 0. The summed E-state index contributed by atoms with van der Waals surface area (Å²) in [5, 5.41) is 6.16. The number of nitrogens with one attached hydrogen (secondary N) is 2. The van der Waals surface area contributed by atoms with Gasteiger partial charge in [-0.2, -0.15) is 0 Å². The van der Waals surface area contributed by atoms with Crippen LogP contribution in [0.2, 0.25) is 0 Å².